The Hall–Kier alpha value is -5.84. The Kier molecular flexibility index (Phi) is 21.0. The summed E-state index contributed by atoms with van der Waals surface area (Å²) in [5.41, 5.74) is 5.09. The van der Waals surface area contributed by atoms with Crippen LogP contribution in [0.5, 0.6) is 6.01 Å². The maximum absolute atomic E-state index is 16.9. The predicted octanol–water partition coefficient (Wildman–Crippen LogP) is 13.2. The lowest BCUT2D eigenvalue weighted by Gasteiger charge is -2.42. The number of ketones is 1. The normalized spacial score (nSPS) is 20.3. The van der Waals surface area contributed by atoms with Gasteiger partial charge in [0, 0.05) is 66.5 Å². The molecule has 13 heteroatoms. The van der Waals surface area contributed by atoms with Crippen LogP contribution in [0.1, 0.15) is 161 Å². The summed E-state index contributed by atoms with van der Waals surface area (Å²) in [6.45, 7) is 28.4. The predicted molar refractivity (Wildman–Crippen MR) is 312 cm³/mol. The molecule has 4 saturated heterocycles. The smallest absolute Gasteiger partial charge is 0.319 e. The number of nitrogens with zero attached hydrogens (tertiary/aromatic N) is 6. The fourth-order valence-electron chi connectivity index (χ4n) is 11.0. The monoisotopic (exact) mass is 1070 g/mol. The number of pyridine rings is 1. The highest BCUT2D eigenvalue weighted by molar-refractivity contribution is 6.02. The van der Waals surface area contributed by atoms with Crippen molar-refractivity contribution in [1.82, 2.24) is 30.1 Å². The van der Waals surface area contributed by atoms with Gasteiger partial charge in [0.15, 0.2) is 5.82 Å². The number of hydrogen-bond donors (Lipinski definition) is 1. The van der Waals surface area contributed by atoms with Crippen LogP contribution in [0.2, 0.25) is 0 Å². The summed E-state index contributed by atoms with van der Waals surface area (Å²) in [5.74, 6) is 4.35. The first-order chi connectivity index (χ1) is 37.3. The molecule has 3 aromatic carbocycles. The van der Waals surface area contributed by atoms with Crippen LogP contribution in [0.15, 0.2) is 54.7 Å². The van der Waals surface area contributed by atoms with E-state index in [9.17, 15) is 18.8 Å². The van der Waals surface area contributed by atoms with Crippen LogP contribution in [0.25, 0.3) is 32.9 Å². The first-order valence-corrected chi connectivity index (χ1v) is 29.1. The highest BCUT2D eigenvalue weighted by Crippen LogP contribution is 2.47. The van der Waals surface area contributed by atoms with Gasteiger partial charge in [-0.1, -0.05) is 103 Å². The zero-order valence-corrected chi connectivity index (χ0v) is 48.5. The van der Waals surface area contributed by atoms with E-state index in [2.05, 4.69) is 90.7 Å². The molecule has 0 spiro atoms. The van der Waals surface area contributed by atoms with Crippen LogP contribution >= 0.6 is 0 Å². The summed E-state index contributed by atoms with van der Waals surface area (Å²) < 4.78 is 38.3. The van der Waals surface area contributed by atoms with E-state index >= 15 is 4.39 Å². The third-order valence-electron chi connectivity index (χ3n) is 17.3. The molecule has 0 bridgehead atoms. The number of fused-ring (bicyclic) bond motifs is 2. The quantitative estimate of drug-likeness (QED) is 0.0955. The number of nitrogens with one attached hydrogen (secondary N) is 1. The highest BCUT2D eigenvalue weighted by Gasteiger charge is 2.46. The minimum absolute atomic E-state index is 0.0164. The van der Waals surface area contributed by atoms with E-state index in [0.29, 0.717) is 70.6 Å². The van der Waals surface area contributed by atoms with Crippen molar-refractivity contribution in [3.8, 4) is 29.6 Å². The molecule has 1 aliphatic carbocycles. The van der Waals surface area contributed by atoms with Crippen LogP contribution in [0.3, 0.4) is 0 Å². The Labute approximate surface area is 464 Å². The topological polar surface area (TPSA) is 121 Å². The fraction of sp³-hybridized carbons (Fsp3) is 0.569. The van der Waals surface area contributed by atoms with Gasteiger partial charge < -0.3 is 19.4 Å². The number of aryl methyl sites for hydroxylation is 2. The van der Waals surface area contributed by atoms with Gasteiger partial charge >= 0.3 is 6.01 Å². The number of likely N-dealkylation sites (tertiary alicyclic amines) is 2. The number of ether oxygens (including phenoxy) is 1. The van der Waals surface area contributed by atoms with Gasteiger partial charge in [0.2, 0.25) is 11.8 Å². The molecule has 2 amide bonds. The van der Waals surface area contributed by atoms with Crippen molar-refractivity contribution >= 4 is 45.1 Å². The summed E-state index contributed by atoms with van der Waals surface area (Å²) >= 11 is 0. The number of Topliss-reactive ketones (excluding diaryl/α,β-unsaturated/α-hetero) is 1. The number of halogens is 2. The number of anilines is 1. The summed E-state index contributed by atoms with van der Waals surface area (Å²) in [4.78, 5) is 53.5. The Bertz CT molecular complexity index is 2920. The molecule has 5 aromatic rings. The zero-order chi connectivity index (χ0) is 56.3. The Morgan fingerprint density at radius 3 is 2.21 bits per heavy atom. The van der Waals surface area contributed by atoms with Gasteiger partial charge in [0.25, 0.3) is 0 Å². The molecular weight excluding hydrogens is 981 g/mol. The van der Waals surface area contributed by atoms with Crippen LogP contribution in [-0.4, -0.2) is 101 Å². The molecule has 6 heterocycles. The molecule has 3 unspecified atom stereocenters. The molecule has 2 aromatic heterocycles. The lowest BCUT2D eigenvalue weighted by molar-refractivity contribution is -0.135. The minimum atomic E-state index is -0.593. The lowest BCUT2D eigenvalue weighted by atomic mass is 9.86. The van der Waals surface area contributed by atoms with E-state index in [1.807, 2.05) is 32.9 Å². The lowest BCUT2D eigenvalue weighted by Crippen LogP contribution is -2.48. The van der Waals surface area contributed by atoms with Crippen molar-refractivity contribution in [2.75, 3.05) is 57.3 Å². The second kappa shape index (κ2) is 27.4. The molecule has 5 fully saturated rings. The van der Waals surface area contributed by atoms with Crippen LogP contribution in [0.4, 0.5) is 14.6 Å². The Balaban J connectivity index is 0.000000353. The van der Waals surface area contributed by atoms with E-state index in [-0.39, 0.29) is 51.8 Å². The molecule has 420 valence electrons. The molecule has 0 radical (unpaired) electrons. The van der Waals surface area contributed by atoms with Gasteiger partial charge in [-0.05, 0) is 157 Å². The van der Waals surface area contributed by atoms with E-state index in [1.54, 1.807) is 25.3 Å². The summed E-state index contributed by atoms with van der Waals surface area (Å²) in [7, 11) is 0. The van der Waals surface area contributed by atoms with Crippen molar-refractivity contribution in [2.45, 2.75) is 158 Å². The maximum atomic E-state index is 16.9. The van der Waals surface area contributed by atoms with Gasteiger partial charge in [-0.2, -0.15) is 9.97 Å². The Morgan fingerprint density at radius 2 is 1.62 bits per heavy atom. The molecular formula is C65H87F2N7O4. The van der Waals surface area contributed by atoms with Gasteiger partial charge in [0.05, 0.1) is 17.6 Å². The third kappa shape index (κ3) is 15.3. The number of carbonyl (C=O) groups is 3. The SMILES string of the molecule is C#Cc1c(F)ccc2cccc(-c3ncc4c(N5CCCC(C)C5)nc(OCC5(CN6CCC(N7CCC(c8ccc(C)c(C)c8)CC7)CC6)CC5)nc4c3F)c12.CC1CCC(=O)NC1=O.CCC(C)C.CCC(C)C(C)=O. The average molecular weight is 1070 g/mol. The van der Waals surface area contributed by atoms with E-state index in [1.165, 1.54) is 68.0 Å². The van der Waals surface area contributed by atoms with Gasteiger partial charge in [0.1, 0.15) is 28.6 Å². The first-order valence-electron chi connectivity index (χ1n) is 29.1. The third-order valence-corrected chi connectivity index (χ3v) is 17.3. The summed E-state index contributed by atoms with van der Waals surface area (Å²) in [6.07, 6.45) is 20.2. The van der Waals surface area contributed by atoms with Gasteiger partial charge in [-0.15, -0.1) is 6.42 Å². The molecule has 78 heavy (non-hydrogen) atoms. The van der Waals surface area contributed by atoms with Crippen molar-refractivity contribution < 1.29 is 27.9 Å². The number of benzene rings is 3. The molecule has 4 aliphatic heterocycles. The highest BCUT2D eigenvalue weighted by atomic mass is 19.1. The second-order valence-electron chi connectivity index (χ2n) is 23.7. The maximum Gasteiger partial charge on any atom is 0.319 e. The largest absolute Gasteiger partial charge is 0.463 e. The van der Waals surface area contributed by atoms with Crippen molar-refractivity contribution in [2.24, 2.45) is 29.1 Å². The van der Waals surface area contributed by atoms with E-state index < -0.39 is 11.6 Å². The second-order valence-corrected chi connectivity index (χ2v) is 23.7. The number of rotatable bonds is 12. The number of carbonyl (C=O) groups excluding carboxylic acids is 3. The number of imide groups is 1. The molecule has 3 atom stereocenters. The molecule has 1 saturated carbocycles. The molecule has 10 rings (SSSR count). The first kappa shape index (κ1) is 59.8. The van der Waals surface area contributed by atoms with Crippen molar-refractivity contribution in [3.05, 3.63) is 88.6 Å². The summed E-state index contributed by atoms with van der Waals surface area (Å²) in [5, 5.41) is 3.96. The minimum Gasteiger partial charge on any atom is -0.463 e. The number of aromatic nitrogens is 3. The number of terminal acetylenes is 1. The van der Waals surface area contributed by atoms with Crippen molar-refractivity contribution in [1.29, 1.82) is 0 Å². The van der Waals surface area contributed by atoms with E-state index in [4.69, 9.17) is 21.1 Å². The van der Waals surface area contributed by atoms with Crippen LogP contribution in [-0.2, 0) is 14.4 Å². The number of piperidine rings is 4. The standard InChI is InChI=1S/C48H54F2N6O.C6H9NO2.C6H12O.C5H12/c1-5-38-41(49)14-13-35-9-6-10-39(42(35)38)44-43(50)45-40(27-51-44)46(56-21-7-8-31(2)28-56)53-47(52-45)57-30-48(19-20-48)29-54-22-17-37(18-23-54)55-24-15-34(16-25-55)36-12-11-32(3)33(4)26-36;1-4-2-3-5(8)7-6(4)9;1-4-5(2)6(3)7;1-4-5(2)3/h1,6,9-14,26-27,31,34,37H,7-8,15-25,28-30H2,2-4H3;4H,2-3H2,1H3,(H,7,8,9);5H,4H2,1-3H3;5H,4H2,1-3H3. The Morgan fingerprint density at radius 1 is 0.897 bits per heavy atom. The zero-order valence-electron chi connectivity index (χ0n) is 48.5. The number of hydrogen-bond acceptors (Lipinski definition) is 10. The number of amides is 2. The van der Waals surface area contributed by atoms with Crippen molar-refractivity contribution in [3.63, 3.8) is 0 Å². The molecule has 5 aliphatic rings. The van der Waals surface area contributed by atoms with Crippen LogP contribution in [0, 0.1) is 66.9 Å². The fourth-order valence-corrected chi connectivity index (χ4v) is 11.0. The summed E-state index contributed by atoms with van der Waals surface area (Å²) in [6, 6.07) is 16.3. The molecule has 1 N–H and O–H groups in total. The average Bonchev–Trinajstić information content (AvgIpc) is 4.28. The van der Waals surface area contributed by atoms with Gasteiger partial charge in [-0.25, -0.2) is 8.78 Å². The van der Waals surface area contributed by atoms with E-state index in [0.717, 1.165) is 70.7 Å². The molecule has 11 nitrogen and oxygen atoms in total. The van der Waals surface area contributed by atoms with Crippen LogP contribution < -0.4 is 15.0 Å². The van der Waals surface area contributed by atoms with Gasteiger partial charge in [-0.3, -0.25) is 24.7 Å².